The van der Waals surface area contributed by atoms with Crippen molar-refractivity contribution in [3.05, 3.63) is 58.6 Å². The van der Waals surface area contributed by atoms with Crippen molar-refractivity contribution in [2.45, 2.75) is 13.3 Å². The molecule has 0 atom stereocenters. The predicted molar refractivity (Wildman–Crippen MR) is 97.0 cm³/mol. The van der Waals surface area contributed by atoms with Crippen molar-refractivity contribution in [2.24, 2.45) is 0 Å². The van der Waals surface area contributed by atoms with E-state index in [1.165, 1.54) is 0 Å². The first-order valence-corrected chi connectivity index (χ1v) is 8.16. The van der Waals surface area contributed by atoms with Gasteiger partial charge >= 0.3 is 5.97 Å². The molecular formula is C19H17ClN2O4. The fourth-order valence-electron chi connectivity index (χ4n) is 2.03. The summed E-state index contributed by atoms with van der Waals surface area (Å²) in [7, 11) is 0. The lowest BCUT2D eigenvalue weighted by Crippen LogP contribution is -2.23. The highest BCUT2D eigenvalue weighted by atomic mass is 35.5. The maximum Gasteiger partial charge on any atom is 0.344 e. The fourth-order valence-corrected chi connectivity index (χ4v) is 2.15. The van der Waals surface area contributed by atoms with Crippen molar-refractivity contribution in [2.75, 3.05) is 18.5 Å². The molecule has 2 aromatic carbocycles. The van der Waals surface area contributed by atoms with Crippen molar-refractivity contribution >= 4 is 29.2 Å². The Balaban J connectivity index is 1.73. The second kappa shape index (κ2) is 9.44. The molecule has 7 heteroatoms. The summed E-state index contributed by atoms with van der Waals surface area (Å²) in [5.41, 5.74) is 2.24. The zero-order chi connectivity index (χ0) is 18.9. The second-order valence-corrected chi connectivity index (χ2v) is 5.85. The Hall–Kier alpha value is -3.04. The summed E-state index contributed by atoms with van der Waals surface area (Å²) >= 11 is 5.91. The maximum absolute atomic E-state index is 11.8. The first-order chi connectivity index (χ1) is 12.5. The number of rotatable bonds is 7. The molecule has 0 spiro atoms. The van der Waals surface area contributed by atoms with Gasteiger partial charge in [-0.1, -0.05) is 23.7 Å². The van der Waals surface area contributed by atoms with Crippen LogP contribution < -0.4 is 10.1 Å². The zero-order valence-corrected chi connectivity index (χ0v) is 14.9. The van der Waals surface area contributed by atoms with E-state index >= 15 is 0 Å². The summed E-state index contributed by atoms with van der Waals surface area (Å²) in [5, 5.41) is 11.8. The van der Waals surface area contributed by atoms with Crippen LogP contribution in [0.1, 0.15) is 11.1 Å². The third-order valence-electron chi connectivity index (χ3n) is 3.37. The minimum absolute atomic E-state index is 0.305. The van der Waals surface area contributed by atoms with E-state index < -0.39 is 18.5 Å². The summed E-state index contributed by atoms with van der Waals surface area (Å²) < 4.78 is 10.2. The number of anilines is 1. The number of benzene rings is 2. The van der Waals surface area contributed by atoms with Crippen LogP contribution in [0.25, 0.3) is 0 Å². The van der Waals surface area contributed by atoms with E-state index in [2.05, 4.69) is 5.32 Å². The van der Waals surface area contributed by atoms with Crippen LogP contribution >= 0.6 is 11.6 Å². The first kappa shape index (κ1) is 19.3. The molecule has 0 aliphatic carbocycles. The quantitative estimate of drug-likeness (QED) is 0.753. The Morgan fingerprint density at radius 3 is 2.54 bits per heavy atom. The Morgan fingerprint density at radius 1 is 1.15 bits per heavy atom. The fraction of sp³-hybridized carbons (Fsp3) is 0.211. The molecule has 6 nitrogen and oxygen atoms in total. The van der Waals surface area contributed by atoms with Crippen molar-refractivity contribution in [1.82, 2.24) is 0 Å². The Kier molecular flexibility index (Phi) is 7.01. The average molecular weight is 373 g/mol. The summed E-state index contributed by atoms with van der Waals surface area (Å²) in [6.07, 6.45) is 0.305. The van der Waals surface area contributed by atoms with E-state index in [9.17, 15) is 9.59 Å². The molecule has 0 aliphatic rings. The lowest BCUT2D eigenvalue weighted by Gasteiger charge is -2.09. The molecule has 0 unspecified atom stereocenters. The number of hydrogen-bond acceptors (Lipinski definition) is 5. The van der Waals surface area contributed by atoms with Crippen LogP contribution in [0.4, 0.5) is 5.69 Å². The van der Waals surface area contributed by atoms with Crippen LogP contribution in [0.2, 0.25) is 5.02 Å². The Morgan fingerprint density at radius 2 is 1.88 bits per heavy atom. The van der Waals surface area contributed by atoms with E-state index in [-0.39, 0.29) is 6.61 Å². The number of nitrogens with one attached hydrogen (secondary N) is 1. The van der Waals surface area contributed by atoms with Gasteiger partial charge in [-0.3, -0.25) is 4.79 Å². The van der Waals surface area contributed by atoms with Crippen LogP contribution in [0.3, 0.4) is 0 Å². The molecule has 0 heterocycles. The van der Waals surface area contributed by atoms with Gasteiger partial charge in [0.05, 0.1) is 12.5 Å². The van der Waals surface area contributed by atoms with Crippen molar-refractivity contribution in [3.63, 3.8) is 0 Å². The van der Waals surface area contributed by atoms with Crippen LogP contribution in [0.15, 0.2) is 42.5 Å². The lowest BCUT2D eigenvalue weighted by atomic mass is 10.1. The van der Waals surface area contributed by atoms with Gasteiger partial charge in [-0.05, 0) is 48.4 Å². The van der Waals surface area contributed by atoms with Gasteiger partial charge in [-0.15, -0.1) is 0 Å². The van der Waals surface area contributed by atoms with Crippen LogP contribution in [0.5, 0.6) is 5.75 Å². The van der Waals surface area contributed by atoms with Crippen LogP contribution in [0, 0.1) is 18.3 Å². The van der Waals surface area contributed by atoms with Crippen LogP contribution in [-0.2, 0) is 20.7 Å². The smallest absolute Gasteiger partial charge is 0.344 e. The standard InChI is InChI=1S/C19H17ClN2O4/c1-13-10-16(6-7-17(13)20)25-12-19(24)26-11-18(23)22-15-4-2-14(3-5-15)8-9-21/h2-7,10H,8,11-12H2,1H3,(H,22,23). The molecule has 2 rings (SSSR count). The third kappa shape index (κ3) is 6.11. The highest BCUT2D eigenvalue weighted by Gasteiger charge is 2.09. The summed E-state index contributed by atoms with van der Waals surface area (Å²) in [5.74, 6) is -0.628. The largest absolute Gasteiger partial charge is 0.482 e. The van der Waals surface area contributed by atoms with Crippen LogP contribution in [-0.4, -0.2) is 25.1 Å². The molecule has 1 N–H and O–H groups in total. The Labute approximate surface area is 156 Å². The molecule has 134 valence electrons. The SMILES string of the molecule is Cc1cc(OCC(=O)OCC(=O)Nc2ccc(CC#N)cc2)ccc1Cl. The van der Waals surface area contributed by atoms with Gasteiger partial charge in [0.1, 0.15) is 5.75 Å². The molecule has 0 bridgehead atoms. The predicted octanol–water partition coefficient (Wildman–Crippen LogP) is 3.28. The van der Waals surface area contributed by atoms with E-state index in [0.717, 1.165) is 11.1 Å². The molecule has 2 aromatic rings. The van der Waals surface area contributed by atoms with E-state index in [1.54, 1.807) is 42.5 Å². The monoisotopic (exact) mass is 372 g/mol. The number of amides is 1. The summed E-state index contributed by atoms with van der Waals surface area (Å²) in [4.78, 5) is 23.4. The second-order valence-electron chi connectivity index (χ2n) is 5.44. The number of carbonyl (C=O) groups excluding carboxylic acids is 2. The number of aryl methyl sites for hydroxylation is 1. The van der Waals surface area contributed by atoms with Gasteiger partial charge < -0.3 is 14.8 Å². The normalized spacial score (nSPS) is 9.88. The van der Waals surface area contributed by atoms with Gasteiger partial charge in [0.25, 0.3) is 5.91 Å². The number of carbonyl (C=O) groups is 2. The van der Waals surface area contributed by atoms with Crippen molar-refractivity contribution < 1.29 is 19.1 Å². The number of nitrogens with zero attached hydrogens (tertiary/aromatic N) is 1. The summed E-state index contributed by atoms with van der Waals surface area (Å²) in [6, 6.07) is 13.9. The highest BCUT2D eigenvalue weighted by molar-refractivity contribution is 6.31. The highest BCUT2D eigenvalue weighted by Crippen LogP contribution is 2.20. The third-order valence-corrected chi connectivity index (χ3v) is 3.80. The van der Waals surface area contributed by atoms with Gasteiger partial charge in [0, 0.05) is 10.7 Å². The van der Waals surface area contributed by atoms with E-state index in [1.807, 2.05) is 13.0 Å². The Bertz CT molecular complexity index is 828. The number of hydrogen-bond donors (Lipinski definition) is 1. The molecular weight excluding hydrogens is 356 g/mol. The average Bonchev–Trinajstić information content (AvgIpc) is 2.63. The lowest BCUT2D eigenvalue weighted by molar-refractivity contribution is -0.149. The maximum atomic E-state index is 11.8. The zero-order valence-electron chi connectivity index (χ0n) is 14.1. The molecule has 0 aromatic heterocycles. The number of esters is 1. The summed E-state index contributed by atoms with van der Waals surface area (Å²) in [6.45, 7) is 1.10. The van der Waals surface area contributed by atoms with Crippen molar-refractivity contribution in [1.29, 1.82) is 5.26 Å². The van der Waals surface area contributed by atoms with Gasteiger partial charge in [-0.25, -0.2) is 4.79 Å². The van der Waals surface area contributed by atoms with Gasteiger partial charge in [-0.2, -0.15) is 5.26 Å². The molecule has 0 radical (unpaired) electrons. The number of ether oxygens (including phenoxy) is 2. The molecule has 1 amide bonds. The molecule has 0 saturated carbocycles. The molecule has 0 aliphatic heterocycles. The minimum Gasteiger partial charge on any atom is -0.482 e. The van der Waals surface area contributed by atoms with Crippen molar-refractivity contribution in [3.8, 4) is 11.8 Å². The number of nitriles is 1. The minimum atomic E-state index is -0.655. The topological polar surface area (TPSA) is 88.4 Å². The first-order valence-electron chi connectivity index (χ1n) is 7.78. The van der Waals surface area contributed by atoms with Gasteiger partial charge in [0.2, 0.25) is 0 Å². The van der Waals surface area contributed by atoms with E-state index in [0.29, 0.717) is 22.9 Å². The number of halogens is 1. The van der Waals surface area contributed by atoms with Gasteiger partial charge in [0.15, 0.2) is 13.2 Å². The molecule has 0 saturated heterocycles. The molecule has 26 heavy (non-hydrogen) atoms. The van der Waals surface area contributed by atoms with E-state index in [4.69, 9.17) is 26.3 Å². The molecule has 0 fully saturated rings.